The predicted molar refractivity (Wildman–Crippen MR) is 129 cm³/mol. The van der Waals surface area contributed by atoms with Gasteiger partial charge in [0.2, 0.25) is 11.8 Å². The van der Waals surface area contributed by atoms with Gasteiger partial charge >= 0.3 is 0 Å². The first-order valence-electron chi connectivity index (χ1n) is 12.0. The molecule has 1 aliphatic rings. The Morgan fingerprint density at radius 1 is 1.24 bits per heavy atom. The number of ether oxygens (including phenoxy) is 1. The quantitative estimate of drug-likeness (QED) is 0.491. The van der Waals surface area contributed by atoms with Gasteiger partial charge in [0.05, 0.1) is 11.4 Å². The summed E-state index contributed by atoms with van der Waals surface area (Å²) >= 11 is 0. The number of nitrogens with zero attached hydrogens (tertiary/aromatic N) is 2. The van der Waals surface area contributed by atoms with Gasteiger partial charge in [-0.2, -0.15) is 5.10 Å². The smallest absolute Gasteiger partial charge is 0.247 e. The zero-order valence-electron chi connectivity index (χ0n) is 20.9. The first-order chi connectivity index (χ1) is 16.1. The van der Waals surface area contributed by atoms with E-state index in [2.05, 4.69) is 24.3 Å². The number of aliphatic hydroxyl groups excluding tert-OH is 2. The summed E-state index contributed by atoms with van der Waals surface area (Å²) in [5.74, 6) is 1.19. The summed E-state index contributed by atoms with van der Waals surface area (Å²) in [5, 5.41) is 25.7. The fourth-order valence-electron chi connectivity index (χ4n) is 4.91. The van der Waals surface area contributed by atoms with Crippen molar-refractivity contribution in [2.24, 2.45) is 5.92 Å². The molecule has 0 fully saturated rings. The molecule has 0 radical (unpaired) electrons. The normalized spacial score (nSPS) is 15.9. The van der Waals surface area contributed by atoms with Crippen LogP contribution in [0, 0.1) is 26.7 Å². The summed E-state index contributed by atoms with van der Waals surface area (Å²) in [5.41, 5.74) is 6.23. The number of carbonyl (C=O) groups excluding carboxylic acids is 2. The lowest BCUT2D eigenvalue weighted by molar-refractivity contribution is -0.124. The topological polar surface area (TPSA) is 114 Å². The second-order valence-electron chi connectivity index (χ2n) is 9.63. The number of hydrogen-bond acceptors (Lipinski definition) is 6. The molecule has 1 aromatic carbocycles. The van der Waals surface area contributed by atoms with Crippen LogP contribution in [0.1, 0.15) is 71.0 Å². The average molecular weight is 472 g/mol. The highest BCUT2D eigenvalue weighted by molar-refractivity contribution is 5.79. The third-order valence-electron chi connectivity index (χ3n) is 6.56. The van der Waals surface area contributed by atoms with Crippen molar-refractivity contribution >= 4 is 11.8 Å². The van der Waals surface area contributed by atoms with Gasteiger partial charge in [-0.3, -0.25) is 9.59 Å². The maximum Gasteiger partial charge on any atom is 0.247 e. The van der Waals surface area contributed by atoms with Gasteiger partial charge in [0.25, 0.3) is 0 Å². The minimum Gasteiger partial charge on any atom is -0.490 e. The van der Waals surface area contributed by atoms with Crippen LogP contribution in [0.3, 0.4) is 0 Å². The van der Waals surface area contributed by atoms with Crippen LogP contribution in [0.5, 0.6) is 5.75 Å². The largest absolute Gasteiger partial charge is 0.490 e. The lowest BCUT2D eigenvalue weighted by atomic mass is 9.90. The number of nitrogens with one attached hydrogen (secondary N) is 1. The first kappa shape index (κ1) is 25.9. The van der Waals surface area contributed by atoms with E-state index in [1.807, 2.05) is 32.9 Å². The number of fused-ring (bicyclic) bond motifs is 1. The number of hydrogen-bond donors (Lipinski definition) is 3. The molecule has 34 heavy (non-hydrogen) atoms. The summed E-state index contributed by atoms with van der Waals surface area (Å²) < 4.78 is 7.42. The van der Waals surface area contributed by atoms with E-state index in [-0.39, 0.29) is 19.1 Å². The molecule has 3 N–H and O–H groups in total. The first-order valence-corrected chi connectivity index (χ1v) is 12.0. The van der Waals surface area contributed by atoms with Gasteiger partial charge < -0.3 is 20.3 Å². The van der Waals surface area contributed by atoms with E-state index in [1.165, 1.54) is 5.56 Å². The van der Waals surface area contributed by atoms with Gasteiger partial charge in [0.1, 0.15) is 25.1 Å². The molecule has 8 heteroatoms. The van der Waals surface area contributed by atoms with Crippen molar-refractivity contribution in [3.05, 3.63) is 45.8 Å². The van der Waals surface area contributed by atoms with E-state index in [0.29, 0.717) is 30.4 Å². The Balaban J connectivity index is 1.60. The number of aliphatic hydroxyl groups is 2. The monoisotopic (exact) mass is 471 g/mol. The number of aromatic nitrogens is 2. The second kappa shape index (κ2) is 11.1. The molecule has 3 rings (SSSR count). The molecule has 186 valence electrons. The van der Waals surface area contributed by atoms with E-state index in [9.17, 15) is 14.7 Å². The zero-order chi connectivity index (χ0) is 25.0. The van der Waals surface area contributed by atoms with Crippen LogP contribution in [0.25, 0.3) is 0 Å². The Kier molecular flexibility index (Phi) is 8.49. The molecule has 0 spiro atoms. The summed E-state index contributed by atoms with van der Waals surface area (Å²) in [7, 11) is 0. The molecule has 0 bridgehead atoms. The minimum atomic E-state index is -0.888. The van der Waals surface area contributed by atoms with Crippen LogP contribution in [-0.4, -0.2) is 57.7 Å². The molecule has 0 saturated carbocycles. The maximum atomic E-state index is 13.0. The van der Waals surface area contributed by atoms with Crippen molar-refractivity contribution in [1.29, 1.82) is 0 Å². The molecule has 1 heterocycles. The third kappa shape index (κ3) is 5.85. The SMILES string of the molecule is Cc1cc(CCC(=O)n2nc(C)c3c2CCC3C(C)C)cc(C)c1OCC(O)CNC(=O)CO. The molecule has 0 saturated heterocycles. The minimum absolute atomic E-state index is 0.00615. The van der Waals surface area contributed by atoms with E-state index >= 15 is 0 Å². The van der Waals surface area contributed by atoms with Gasteiger partial charge in [-0.25, -0.2) is 4.68 Å². The molecular formula is C26H37N3O5. The molecule has 1 aliphatic carbocycles. The van der Waals surface area contributed by atoms with Crippen molar-refractivity contribution in [3.8, 4) is 5.75 Å². The fourth-order valence-corrected chi connectivity index (χ4v) is 4.91. The molecule has 2 aromatic rings. The Morgan fingerprint density at radius 3 is 2.53 bits per heavy atom. The predicted octanol–water partition coefficient (Wildman–Crippen LogP) is 2.62. The summed E-state index contributed by atoms with van der Waals surface area (Å²) in [6.07, 6.45) is 2.09. The molecule has 2 unspecified atom stereocenters. The number of rotatable bonds is 10. The van der Waals surface area contributed by atoms with Crippen LogP contribution in [-0.2, 0) is 17.6 Å². The highest BCUT2D eigenvalue weighted by Gasteiger charge is 2.32. The molecule has 1 aromatic heterocycles. The van der Waals surface area contributed by atoms with E-state index in [0.717, 1.165) is 40.9 Å². The van der Waals surface area contributed by atoms with Crippen LogP contribution in [0.2, 0.25) is 0 Å². The highest BCUT2D eigenvalue weighted by Crippen LogP contribution is 2.40. The maximum absolute atomic E-state index is 13.0. The number of benzene rings is 1. The Hall–Kier alpha value is -2.71. The highest BCUT2D eigenvalue weighted by atomic mass is 16.5. The number of aryl methyl sites for hydroxylation is 4. The Labute approximate surface area is 201 Å². The average Bonchev–Trinajstić information content (AvgIpc) is 3.36. The van der Waals surface area contributed by atoms with E-state index in [4.69, 9.17) is 9.84 Å². The lowest BCUT2D eigenvalue weighted by Gasteiger charge is -2.17. The van der Waals surface area contributed by atoms with Gasteiger partial charge in [-0.05, 0) is 68.6 Å². The molecule has 2 atom stereocenters. The lowest BCUT2D eigenvalue weighted by Crippen LogP contribution is -2.36. The van der Waals surface area contributed by atoms with E-state index < -0.39 is 18.6 Å². The van der Waals surface area contributed by atoms with Gasteiger partial charge in [0.15, 0.2) is 0 Å². The van der Waals surface area contributed by atoms with Crippen LogP contribution >= 0.6 is 0 Å². The third-order valence-corrected chi connectivity index (χ3v) is 6.56. The molecule has 8 nitrogen and oxygen atoms in total. The Bertz CT molecular complexity index is 1020. The Morgan fingerprint density at radius 2 is 1.91 bits per heavy atom. The standard InChI is InChI=1S/C26H37N3O5/c1-15(2)21-7-8-22-25(21)18(5)28-29(22)24(33)9-6-19-10-16(3)26(17(4)11-19)34-14-20(31)12-27-23(32)13-30/h10-11,15,20-21,30-31H,6-9,12-14H2,1-5H3,(H,27,32). The van der Waals surface area contributed by atoms with Crippen molar-refractivity contribution in [2.75, 3.05) is 19.8 Å². The van der Waals surface area contributed by atoms with Crippen LogP contribution < -0.4 is 10.1 Å². The summed E-state index contributed by atoms with van der Waals surface area (Å²) in [6.45, 7) is 9.74. The van der Waals surface area contributed by atoms with Crippen molar-refractivity contribution in [3.63, 3.8) is 0 Å². The molecule has 1 amide bonds. The summed E-state index contributed by atoms with van der Waals surface area (Å²) in [4.78, 5) is 24.1. The summed E-state index contributed by atoms with van der Waals surface area (Å²) in [6, 6.07) is 4.01. The molecular weight excluding hydrogens is 434 g/mol. The fraction of sp³-hybridized carbons (Fsp3) is 0.577. The van der Waals surface area contributed by atoms with Crippen molar-refractivity contribution in [2.45, 2.75) is 72.3 Å². The van der Waals surface area contributed by atoms with Crippen molar-refractivity contribution < 1.29 is 24.5 Å². The molecule has 0 aliphatic heterocycles. The van der Waals surface area contributed by atoms with Crippen LogP contribution in [0.4, 0.5) is 0 Å². The van der Waals surface area contributed by atoms with Gasteiger partial charge in [-0.1, -0.05) is 26.0 Å². The van der Waals surface area contributed by atoms with E-state index in [1.54, 1.807) is 4.68 Å². The second-order valence-corrected chi connectivity index (χ2v) is 9.63. The van der Waals surface area contributed by atoms with Crippen LogP contribution in [0.15, 0.2) is 12.1 Å². The number of carbonyl (C=O) groups is 2. The zero-order valence-corrected chi connectivity index (χ0v) is 20.9. The van der Waals surface area contributed by atoms with Gasteiger partial charge in [-0.15, -0.1) is 0 Å². The van der Waals surface area contributed by atoms with Gasteiger partial charge in [0, 0.05) is 18.5 Å². The number of amides is 1. The van der Waals surface area contributed by atoms with Crippen molar-refractivity contribution in [1.82, 2.24) is 15.1 Å².